The molecule has 0 aromatic rings. The van der Waals surface area contributed by atoms with Gasteiger partial charge < -0.3 is 14.2 Å². The van der Waals surface area contributed by atoms with Gasteiger partial charge in [0.05, 0.1) is 0 Å². The predicted molar refractivity (Wildman–Crippen MR) is 358 cm³/mol. The zero-order valence-electron chi connectivity index (χ0n) is 54.8. The van der Waals surface area contributed by atoms with Crippen LogP contribution in [0, 0.1) is 0 Å². The Labute approximate surface area is 510 Å². The first-order chi connectivity index (χ1) is 40.5. The number of carbonyl (C=O) groups is 3. The number of hydrogen-bond acceptors (Lipinski definition) is 6. The number of ether oxygens (including phenoxy) is 3. The molecule has 0 spiro atoms. The molecule has 0 aromatic heterocycles. The number of esters is 3. The van der Waals surface area contributed by atoms with Crippen molar-refractivity contribution in [1.82, 2.24) is 0 Å². The van der Waals surface area contributed by atoms with E-state index in [-0.39, 0.29) is 37.5 Å². The molecule has 6 nitrogen and oxygen atoms in total. The Balaban J connectivity index is 4.35. The number of carbonyl (C=O) groups excluding carboxylic acids is 3. The lowest BCUT2D eigenvalue weighted by molar-refractivity contribution is -0.167. The molecular weight excluding hydrogens is 1010 g/mol. The Bertz CT molecular complexity index is 1500. The van der Waals surface area contributed by atoms with Gasteiger partial charge in [0, 0.05) is 19.3 Å². The van der Waals surface area contributed by atoms with Crippen LogP contribution in [0.3, 0.4) is 0 Å². The van der Waals surface area contributed by atoms with Gasteiger partial charge in [-0.15, -0.1) is 0 Å². The van der Waals surface area contributed by atoms with Crippen molar-refractivity contribution < 1.29 is 28.6 Å². The van der Waals surface area contributed by atoms with Gasteiger partial charge in [-0.1, -0.05) is 344 Å². The van der Waals surface area contributed by atoms with E-state index in [0.29, 0.717) is 19.3 Å². The second-order valence-electron chi connectivity index (χ2n) is 24.1. The molecule has 476 valence electrons. The Kier molecular flexibility index (Phi) is 67.6. The first kappa shape index (κ1) is 78.8. The van der Waals surface area contributed by atoms with Crippen LogP contribution in [0.5, 0.6) is 0 Å². The van der Waals surface area contributed by atoms with E-state index in [1.54, 1.807) is 0 Å². The molecule has 0 saturated heterocycles. The Morgan fingerprint density at radius 1 is 0.256 bits per heavy atom. The molecule has 0 aliphatic heterocycles. The minimum absolute atomic E-state index is 0.0893. The third kappa shape index (κ3) is 67.6. The topological polar surface area (TPSA) is 78.9 Å². The van der Waals surface area contributed by atoms with Gasteiger partial charge in [0.25, 0.3) is 0 Å². The van der Waals surface area contributed by atoms with Crippen molar-refractivity contribution in [2.45, 2.75) is 380 Å². The van der Waals surface area contributed by atoms with E-state index in [4.69, 9.17) is 14.2 Å². The Morgan fingerprint density at radius 3 is 0.805 bits per heavy atom. The molecule has 0 rings (SSSR count). The van der Waals surface area contributed by atoms with Crippen LogP contribution >= 0.6 is 0 Å². The van der Waals surface area contributed by atoms with E-state index in [9.17, 15) is 14.4 Å². The molecule has 0 fully saturated rings. The lowest BCUT2D eigenvalue weighted by Crippen LogP contribution is -2.30. The molecular formula is C76H136O6. The molecule has 6 heteroatoms. The van der Waals surface area contributed by atoms with Crippen LogP contribution in [0.4, 0.5) is 0 Å². The quantitative estimate of drug-likeness (QED) is 0.0261. The lowest BCUT2D eigenvalue weighted by atomic mass is 10.0. The second kappa shape index (κ2) is 70.3. The largest absolute Gasteiger partial charge is 0.462 e. The highest BCUT2D eigenvalue weighted by Gasteiger charge is 2.19. The van der Waals surface area contributed by atoms with Crippen LogP contribution in [0.15, 0.2) is 72.9 Å². The minimum Gasteiger partial charge on any atom is -0.462 e. The average Bonchev–Trinajstić information content (AvgIpc) is 3.47. The highest BCUT2D eigenvalue weighted by molar-refractivity contribution is 5.71. The highest BCUT2D eigenvalue weighted by atomic mass is 16.6. The summed E-state index contributed by atoms with van der Waals surface area (Å²) >= 11 is 0. The zero-order chi connectivity index (χ0) is 59.2. The van der Waals surface area contributed by atoms with Gasteiger partial charge in [-0.25, -0.2) is 0 Å². The van der Waals surface area contributed by atoms with Crippen molar-refractivity contribution in [2.24, 2.45) is 0 Å². The number of allylic oxidation sites excluding steroid dienone is 12. The van der Waals surface area contributed by atoms with Crippen LogP contribution < -0.4 is 0 Å². The Hall–Kier alpha value is -3.15. The summed E-state index contributed by atoms with van der Waals surface area (Å²) in [6.07, 6.45) is 92.3. The van der Waals surface area contributed by atoms with Crippen molar-refractivity contribution in [3.63, 3.8) is 0 Å². The fourth-order valence-corrected chi connectivity index (χ4v) is 10.6. The monoisotopic (exact) mass is 1150 g/mol. The maximum absolute atomic E-state index is 13.0. The third-order valence-corrected chi connectivity index (χ3v) is 15.9. The van der Waals surface area contributed by atoms with Crippen molar-refractivity contribution in [3.05, 3.63) is 72.9 Å². The first-order valence-corrected chi connectivity index (χ1v) is 35.9. The van der Waals surface area contributed by atoms with Crippen molar-refractivity contribution >= 4 is 17.9 Å². The summed E-state index contributed by atoms with van der Waals surface area (Å²) in [5, 5.41) is 0. The van der Waals surface area contributed by atoms with Crippen LogP contribution in [-0.2, 0) is 28.6 Å². The molecule has 0 amide bonds. The van der Waals surface area contributed by atoms with Crippen LogP contribution in [0.2, 0.25) is 0 Å². The van der Waals surface area contributed by atoms with Crippen LogP contribution in [0.25, 0.3) is 0 Å². The maximum atomic E-state index is 13.0. The molecule has 1 unspecified atom stereocenters. The van der Waals surface area contributed by atoms with Crippen LogP contribution in [0.1, 0.15) is 374 Å². The van der Waals surface area contributed by atoms with Gasteiger partial charge in [0.2, 0.25) is 0 Å². The fourth-order valence-electron chi connectivity index (χ4n) is 10.6. The standard InChI is InChI=1S/C76H136O6/c1-4-7-10-13-16-19-22-25-28-31-33-35-37-38-39-41-42-45-48-51-54-57-60-63-66-69-75(78)81-72-73(71-80-74(77)68-65-62-59-56-53-50-47-44-30-27-24-21-18-15-12-9-6-3)82-76(79)70-67-64-61-58-55-52-49-46-43-40-36-34-32-29-26-23-20-17-14-11-8-5-2/h9,12,18,21,27,30-31,33,47,50,56,59,73H,4-8,10-11,13-17,19-20,22-26,28-29,32,34-46,48-49,51-55,57-58,60-72H2,1-3H3/b12-9-,21-18-,30-27-,33-31-,50-47-,59-56-. The molecule has 0 N–H and O–H groups in total. The van der Waals surface area contributed by atoms with E-state index >= 15 is 0 Å². The number of unbranched alkanes of at least 4 members (excludes halogenated alkanes) is 43. The molecule has 0 bridgehead atoms. The zero-order valence-corrected chi connectivity index (χ0v) is 54.8. The highest BCUT2D eigenvalue weighted by Crippen LogP contribution is 2.18. The van der Waals surface area contributed by atoms with Crippen molar-refractivity contribution in [3.8, 4) is 0 Å². The van der Waals surface area contributed by atoms with E-state index in [2.05, 4.69) is 93.7 Å². The first-order valence-electron chi connectivity index (χ1n) is 35.9. The van der Waals surface area contributed by atoms with Gasteiger partial charge in [0.15, 0.2) is 6.10 Å². The van der Waals surface area contributed by atoms with E-state index in [1.165, 1.54) is 250 Å². The van der Waals surface area contributed by atoms with E-state index in [1.807, 2.05) is 0 Å². The van der Waals surface area contributed by atoms with Crippen molar-refractivity contribution in [2.75, 3.05) is 13.2 Å². The van der Waals surface area contributed by atoms with E-state index in [0.717, 1.165) is 77.0 Å². The summed E-state index contributed by atoms with van der Waals surface area (Å²) in [5.74, 6) is -0.927. The van der Waals surface area contributed by atoms with Gasteiger partial charge in [0.1, 0.15) is 13.2 Å². The van der Waals surface area contributed by atoms with Gasteiger partial charge in [-0.2, -0.15) is 0 Å². The maximum Gasteiger partial charge on any atom is 0.306 e. The smallest absolute Gasteiger partial charge is 0.306 e. The third-order valence-electron chi connectivity index (χ3n) is 15.9. The summed E-state index contributed by atoms with van der Waals surface area (Å²) < 4.78 is 17.0. The molecule has 0 radical (unpaired) electrons. The molecule has 1 atom stereocenters. The van der Waals surface area contributed by atoms with Gasteiger partial charge in [-0.05, 0) is 83.5 Å². The second-order valence-corrected chi connectivity index (χ2v) is 24.1. The fraction of sp³-hybridized carbons (Fsp3) is 0.803. The SMILES string of the molecule is CC/C=C\C/C=C\C/C=C\C/C=C\C/C=C\CCCC(=O)OCC(COC(=O)CCCCCCCCCCCCCCC/C=C\CCCCCCCCCC)OC(=O)CCCCCCCCCCCCCCCCCCCCCCCC. The molecule has 0 aromatic carbocycles. The summed E-state index contributed by atoms with van der Waals surface area (Å²) in [7, 11) is 0. The predicted octanol–water partition coefficient (Wildman–Crippen LogP) is 24.8. The summed E-state index contributed by atoms with van der Waals surface area (Å²) in [4.78, 5) is 38.5. The number of hydrogen-bond donors (Lipinski definition) is 0. The van der Waals surface area contributed by atoms with Gasteiger partial charge in [-0.3, -0.25) is 14.4 Å². The van der Waals surface area contributed by atoms with Gasteiger partial charge >= 0.3 is 17.9 Å². The summed E-state index contributed by atoms with van der Waals surface area (Å²) in [5.41, 5.74) is 0. The lowest BCUT2D eigenvalue weighted by Gasteiger charge is -2.18. The molecule has 0 saturated carbocycles. The average molecular weight is 1150 g/mol. The molecule has 0 aliphatic carbocycles. The molecule has 0 aliphatic rings. The summed E-state index contributed by atoms with van der Waals surface area (Å²) in [6, 6.07) is 0. The van der Waals surface area contributed by atoms with Crippen molar-refractivity contribution in [1.29, 1.82) is 0 Å². The Morgan fingerprint density at radius 2 is 0.488 bits per heavy atom. The normalized spacial score (nSPS) is 12.5. The molecule has 82 heavy (non-hydrogen) atoms. The molecule has 0 heterocycles. The van der Waals surface area contributed by atoms with E-state index < -0.39 is 6.10 Å². The number of rotatable bonds is 66. The van der Waals surface area contributed by atoms with Crippen LogP contribution in [-0.4, -0.2) is 37.2 Å². The minimum atomic E-state index is -0.799. The summed E-state index contributed by atoms with van der Waals surface area (Å²) in [6.45, 7) is 6.54.